The number of halogens is 2. The van der Waals surface area contributed by atoms with Gasteiger partial charge in [0, 0.05) is 53.3 Å². The number of carboxylic acids is 1. The highest BCUT2D eigenvalue weighted by molar-refractivity contribution is 5.99. The van der Waals surface area contributed by atoms with E-state index in [4.69, 9.17) is 9.47 Å². The fourth-order valence-corrected chi connectivity index (χ4v) is 5.68. The normalized spacial score (nSPS) is 23.5. The van der Waals surface area contributed by atoms with Crippen LogP contribution in [-0.2, 0) is 14.3 Å². The molecule has 2 aliphatic rings. The molecular formula is C26H25F2N3O4. The zero-order chi connectivity index (χ0) is 24.3. The van der Waals surface area contributed by atoms with Crippen molar-refractivity contribution in [1.82, 2.24) is 14.8 Å². The van der Waals surface area contributed by atoms with Gasteiger partial charge in [0.05, 0.1) is 23.8 Å². The summed E-state index contributed by atoms with van der Waals surface area (Å²) in [6.45, 7) is 3.06. The Morgan fingerprint density at radius 3 is 2.69 bits per heavy atom. The van der Waals surface area contributed by atoms with Crippen LogP contribution >= 0.6 is 0 Å². The van der Waals surface area contributed by atoms with E-state index >= 15 is 0 Å². The van der Waals surface area contributed by atoms with Crippen LogP contribution in [0.2, 0.25) is 0 Å². The summed E-state index contributed by atoms with van der Waals surface area (Å²) in [5.41, 5.74) is 2.90. The predicted octanol–water partition coefficient (Wildman–Crippen LogP) is 5.03. The molecule has 6 rings (SSSR count). The Balaban J connectivity index is 1.67. The number of nitrogens with one attached hydrogen (secondary N) is 1. The average molecular weight is 481 g/mol. The van der Waals surface area contributed by atoms with Gasteiger partial charge in [-0.05, 0) is 56.0 Å². The average Bonchev–Trinajstić information content (AvgIpc) is 3.55. The Morgan fingerprint density at radius 2 is 1.97 bits per heavy atom. The molecule has 0 amide bonds. The van der Waals surface area contributed by atoms with Gasteiger partial charge in [0.25, 0.3) is 0 Å². The first-order valence-electron chi connectivity index (χ1n) is 11.8. The van der Waals surface area contributed by atoms with Crippen LogP contribution in [0.4, 0.5) is 8.78 Å². The number of fused-ring (bicyclic) bond motifs is 2. The first-order valence-corrected chi connectivity index (χ1v) is 11.8. The van der Waals surface area contributed by atoms with E-state index in [0.717, 1.165) is 52.0 Å². The van der Waals surface area contributed by atoms with Gasteiger partial charge in [0.1, 0.15) is 0 Å². The second-order valence-corrected chi connectivity index (χ2v) is 9.69. The van der Waals surface area contributed by atoms with Crippen molar-refractivity contribution in [2.45, 2.75) is 43.6 Å². The molecule has 2 N–H and O–H groups in total. The molecule has 2 aromatic heterocycles. The van der Waals surface area contributed by atoms with Crippen molar-refractivity contribution in [2.24, 2.45) is 0 Å². The Bertz CT molecular complexity index is 1460. The van der Waals surface area contributed by atoms with Crippen molar-refractivity contribution in [3.63, 3.8) is 0 Å². The van der Waals surface area contributed by atoms with E-state index in [9.17, 15) is 18.7 Å². The fourth-order valence-electron chi connectivity index (χ4n) is 5.68. The number of aromatic nitrogens is 3. The molecule has 0 spiro atoms. The number of aromatic amines is 1. The van der Waals surface area contributed by atoms with E-state index < -0.39 is 23.2 Å². The highest BCUT2D eigenvalue weighted by Gasteiger charge is 2.45. The van der Waals surface area contributed by atoms with Crippen LogP contribution in [0, 0.1) is 11.6 Å². The summed E-state index contributed by atoms with van der Waals surface area (Å²) in [5.74, 6) is -2.89. The lowest BCUT2D eigenvalue weighted by Gasteiger charge is -2.27. The Hall–Kier alpha value is -3.30. The van der Waals surface area contributed by atoms with Gasteiger partial charge in [0.15, 0.2) is 17.2 Å². The standard InChI is InChI=1S/C26H25F2N3O4/c1-26(25(32)33)11-16(13-35-26)23-18-10-21-15(12-29-30-21)8-22(18)31(17-2-3-19(27)20(28)9-17)24(23)14-4-6-34-7-5-14/h2-3,8-10,12,14,16H,4-7,11,13H2,1H3,(H,29,30)(H,32,33)/t16-,26+/m1/s1. The first kappa shape index (κ1) is 22.2. The lowest BCUT2D eigenvalue weighted by Crippen LogP contribution is -2.34. The van der Waals surface area contributed by atoms with E-state index in [0.29, 0.717) is 25.3 Å². The number of carbonyl (C=O) groups is 1. The zero-order valence-electron chi connectivity index (χ0n) is 19.2. The van der Waals surface area contributed by atoms with Crippen LogP contribution in [0.25, 0.3) is 27.5 Å². The third kappa shape index (κ3) is 3.52. The van der Waals surface area contributed by atoms with E-state index in [2.05, 4.69) is 10.2 Å². The quantitative estimate of drug-likeness (QED) is 0.427. The van der Waals surface area contributed by atoms with Crippen LogP contribution in [0.1, 0.15) is 49.3 Å². The van der Waals surface area contributed by atoms with Crippen molar-refractivity contribution in [3.8, 4) is 5.69 Å². The second kappa shape index (κ2) is 8.13. The molecule has 7 nitrogen and oxygen atoms in total. The Morgan fingerprint density at radius 1 is 1.17 bits per heavy atom. The van der Waals surface area contributed by atoms with Crippen molar-refractivity contribution in [2.75, 3.05) is 19.8 Å². The van der Waals surface area contributed by atoms with Crippen molar-refractivity contribution in [1.29, 1.82) is 0 Å². The third-order valence-electron chi connectivity index (χ3n) is 7.47. The van der Waals surface area contributed by atoms with Crippen molar-refractivity contribution in [3.05, 3.63) is 59.4 Å². The molecule has 0 unspecified atom stereocenters. The van der Waals surface area contributed by atoms with Crippen LogP contribution in [0.3, 0.4) is 0 Å². The van der Waals surface area contributed by atoms with Crippen LogP contribution in [0.5, 0.6) is 0 Å². The monoisotopic (exact) mass is 481 g/mol. The van der Waals surface area contributed by atoms with Gasteiger partial charge < -0.3 is 19.1 Å². The van der Waals surface area contributed by atoms with Gasteiger partial charge in [-0.2, -0.15) is 5.10 Å². The SMILES string of the molecule is C[C@@]1(C(=O)O)C[C@@H](c2c(C3CCOCC3)n(-c3ccc(F)c(F)c3)c3cc4cn[nH]c4cc23)CO1. The largest absolute Gasteiger partial charge is 0.479 e. The maximum absolute atomic E-state index is 14.4. The first-order chi connectivity index (χ1) is 16.9. The Kier molecular flexibility index (Phi) is 5.16. The predicted molar refractivity (Wildman–Crippen MR) is 125 cm³/mol. The number of hydrogen-bond donors (Lipinski definition) is 2. The minimum atomic E-state index is -1.29. The number of hydrogen-bond acceptors (Lipinski definition) is 4. The van der Waals surface area contributed by atoms with Crippen LogP contribution in [-0.4, -0.2) is 51.3 Å². The Labute approximate surface area is 199 Å². The highest BCUT2D eigenvalue weighted by atomic mass is 19.2. The second-order valence-electron chi connectivity index (χ2n) is 9.69. The summed E-state index contributed by atoms with van der Waals surface area (Å²) in [4.78, 5) is 11.9. The van der Waals surface area contributed by atoms with Crippen LogP contribution < -0.4 is 0 Å². The topological polar surface area (TPSA) is 89.4 Å². The molecule has 35 heavy (non-hydrogen) atoms. The summed E-state index contributed by atoms with van der Waals surface area (Å²) in [5, 5.41) is 18.8. The summed E-state index contributed by atoms with van der Waals surface area (Å²) in [6.07, 6.45) is 3.59. The summed E-state index contributed by atoms with van der Waals surface area (Å²) in [7, 11) is 0. The molecule has 0 radical (unpaired) electrons. The number of carboxylic acid groups (broad SMARTS) is 1. The van der Waals surface area contributed by atoms with Gasteiger partial charge in [-0.1, -0.05) is 0 Å². The number of benzene rings is 2. The summed E-state index contributed by atoms with van der Waals surface area (Å²) < 4.78 is 41.8. The van der Waals surface area contributed by atoms with E-state index in [1.807, 2.05) is 16.7 Å². The molecule has 0 aliphatic carbocycles. The molecule has 182 valence electrons. The number of H-pyrrole nitrogens is 1. The van der Waals surface area contributed by atoms with E-state index in [1.165, 1.54) is 6.07 Å². The van der Waals surface area contributed by atoms with Crippen LogP contribution in [0.15, 0.2) is 36.5 Å². The number of aliphatic carboxylic acids is 1. The molecule has 2 atom stereocenters. The van der Waals surface area contributed by atoms with Gasteiger partial charge in [-0.3, -0.25) is 5.10 Å². The maximum atomic E-state index is 14.4. The van der Waals surface area contributed by atoms with E-state index in [-0.39, 0.29) is 18.4 Å². The summed E-state index contributed by atoms with van der Waals surface area (Å²) in [6, 6.07) is 7.95. The highest BCUT2D eigenvalue weighted by Crippen LogP contribution is 2.47. The lowest BCUT2D eigenvalue weighted by molar-refractivity contribution is -0.157. The molecule has 2 aliphatic heterocycles. The van der Waals surface area contributed by atoms with Crippen molar-refractivity contribution >= 4 is 27.8 Å². The summed E-state index contributed by atoms with van der Waals surface area (Å²) >= 11 is 0. The number of ether oxygens (including phenoxy) is 2. The minimum Gasteiger partial charge on any atom is -0.479 e. The minimum absolute atomic E-state index is 0.104. The molecule has 4 aromatic rings. The maximum Gasteiger partial charge on any atom is 0.335 e. The molecule has 0 bridgehead atoms. The fraction of sp³-hybridized carbons (Fsp3) is 0.385. The number of nitrogens with zero attached hydrogens (tertiary/aromatic N) is 2. The number of rotatable bonds is 4. The zero-order valence-corrected chi connectivity index (χ0v) is 19.2. The third-order valence-corrected chi connectivity index (χ3v) is 7.47. The molecular weight excluding hydrogens is 456 g/mol. The lowest BCUT2D eigenvalue weighted by atomic mass is 9.84. The van der Waals surface area contributed by atoms with Gasteiger partial charge in [-0.25, -0.2) is 13.6 Å². The van der Waals surface area contributed by atoms with Gasteiger partial charge in [0.2, 0.25) is 0 Å². The smallest absolute Gasteiger partial charge is 0.335 e. The molecule has 2 aromatic carbocycles. The van der Waals surface area contributed by atoms with Crippen molar-refractivity contribution < 1.29 is 28.2 Å². The van der Waals surface area contributed by atoms with Gasteiger partial charge >= 0.3 is 5.97 Å². The molecule has 2 fully saturated rings. The van der Waals surface area contributed by atoms with Gasteiger partial charge in [-0.15, -0.1) is 0 Å². The molecule has 4 heterocycles. The molecule has 9 heteroatoms. The van der Waals surface area contributed by atoms with E-state index in [1.54, 1.807) is 19.2 Å². The molecule has 2 saturated heterocycles. The molecule has 0 saturated carbocycles.